The van der Waals surface area contributed by atoms with E-state index in [1.807, 2.05) is 60.7 Å². The summed E-state index contributed by atoms with van der Waals surface area (Å²) in [6.07, 6.45) is -1.37. The summed E-state index contributed by atoms with van der Waals surface area (Å²) in [5.41, 5.74) is 1.97. The summed E-state index contributed by atoms with van der Waals surface area (Å²) in [7, 11) is -2.35. The molecule has 1 aliphatic heterocycles. The number of carbonyl (C=O) groups excluding carboxylic acids is 3. The summed E-state index contributed by atoms with van der Waals surface area (Å²) in [5, 5.41) is 2.06. The number of imide groups is 1. The van der Waals surface area contributed by atoms with Gasteiger partial charge in [0.15, 0.2) is 8.32 Å². The highest BCUT2D eigenvalue weighted by molar-refractivity contribution is 6.74. The van der Waals surface area contributed by atoms with Crippen molar-refractivity contribution in [1.29, 1.82) is 0 Å². The van der Waals surface area contributed by atoms with Gasteiger partial charge < -0.3 is 13.9 Å². The smallest absolute Gasteiger partial charge is 0.250 e. The molecule has 0 aromatic heterocycles. The van der Waals surface area contributed by atoms with E-state index in [2.05, 4.69) is 33.9 Å². The monoisotopic (exact) mass is 554 g/mol. The van der Waals surface area contributed by atoms with Crippen LogP contribution in [0.5, 0.6) is 0 Å². The molecular formula is C30H42N2O6Si. The second-order valence-electron chi connectivity index (χ2n) is 11.5. The molecule has 212 valence electrons. The average Bonchev–Trinajstić information content (AvgIpc) is 3.21. The molecule has 2 aromatic rings. The van der Waals surface area contributed by atoms with Gasteiger partial charge in [0.2, 0.25) is 11.8 Å². The quantitative estimate of drug-likeness (QED) is 0.360. The first-order chi connectivity index (χ1) is 18.3. The van der Waals surface area contributed by atoms with Gasteiger partial charge in [0.05, 0.1) is 38.4 Å². The van der Waals surface area contributed by atoms with Gasteiger partial charge in [0.1, 0.15) is 6.10 Å². The summed E-state index contributed by atoms with van der Waals surface area (Å²) in [6, 6.07) is 18.8. The van der Waals surface area contributed by atoms with E-state index in [1.165, 1.54) is 18.9 Å². The van der Waals surface area contributed by atoms with E-state index in [4.69, 9.17) is 13.9 Å². The van der Waals surface area contributed by atoms with Crippen molar-refractivity contribution in [1.82, 2.24) is 10.0 Å². The third kappa shape index (κ3) is 7.85. The lowest BCUT2D eigenvalue weighted by Crippen LogP contribution is -2.57. The Kier molecular flexibility index (Phi) is 10.2. The van der Waals surface area contributed by atoms with Crippen LogP contribution >= 0.6 is 0 Å². The first-order valence-corrected chi connectivity index (χ1v) is 16.3. The molecule has 0 N–H and O–H groups in total. The third-order valence-electron chi connectivity index (χ3n) is 7.45. The third-order valence-corrected chi connectivity index (χ3v) is 12.0. The number of carbonyl (C=O) groups is 3. The molecule has 1 fully saturated rings. The summed E-state index contributed by atoms with van der Waals surface area (Å²) < 4.78 is 19.6. The van der Waals surface area contributed by atoms with E-state index >= 15 is 0 Å². The van der Waals surface area contributed by atoms with E-state index < -0.39 is 44.3 Å². The van der Waals surface area contributed by atoms with Crippen LogP contribution in [0.2, 0.25) is 18.1 Å². The Labute approximate surface area is 233 Å². The van der Waals surface area contributed by atoms with Crippen LogP contribution in [-0.4, -0.2) is 60.9 Å². The van der Waals surface area contributed by atoms with Crippen LogP contribution < -0.4 is 0 Å². The number of hydrogen-bond donors (Lipinski definition) is 0. The topological polar surface area (TPSA) is 85.4 Å². The van der Waals surface area contributed by atoms with Gasteiger partial charge in [-0.15, -0.1) is 0 Å². The molecule has 0 bridgehead atoms. The molecule has 0 saturated carbocycles. The van der Waals surface area contributed by atoms with Crippen molar-refractivity contribution in [3.8, 4) is 0 Å². The fraction of sp³-hybridized carbons (Fsp3) is 0.500. The molecule has 3 amide bonds. The van der Waals surface area contributed by atoms with Crippen molar-refractivity contribution in [2.75, 3.05) is 6.61 Å². The molecule has 3 atom stereocenters. The van der Waals surface area contributed by atoms with Gasteiger partial charge in [-0.3, -0.25) is 14.4 Å². The van der Waals surface area contributed by atoms with Gasteiger partial charge in [0, 0.05) is 13.8 Å². The van der Waals surface area contributed by atoms with Crippen LogP contribution in [0.4, 0.5) is 0 Å². The zero-order valence-electron chi connectivity index (χ0n) is 24.2. The standard InChI is InChI=1S/C30H42N2O6Si/c1-22(33)31-26(18-28(35)32(31)23(2)34)29(37-20-25-16-12-9-13-17-25)27(38-39(6,7)30(3,4)5)21-36-19-24-14-10-8-11-15-24/h8-17,26-27,29H,18-21H2,1-7H3/t26-,27+,29-/m0/s1. The molecular weight excluding hydrogens is 512 g/mol. The number of nitrogens with zero attached hydrogens (tertiary/aromatic N) is 2. The largest absolute Gasteiger partial charge is 0.409 e. The molecule has 1 aliphatic rings. The zero-order chi connectivity index (χ0) is 28.8. The van der Waals surface area contributed by atoms with Gasteiger partial charge >= 0.3 is 0 Å². The Balaban J connectivity index is 1.99. The minimum Gasteiger partial charge on any atom is -0.409 e. The Hall–Kier alpha value is -2.85. The van der Waals surface area contributed by atoms with Gasteiger partial charge in [-0.2, -0.15) is 5.01 Å². The minimum atomic E-state index is -2.35. The van der Waals surface area contributed by atoms with Crippen LogP contribution in [0, 0.1) is 0 Å². The number of amides is 3. The van der Waals surface area contributed by atoms with Crippen LogP contribution in [0.3, 0.4) is 0 Å². The van der Waals surface area contributed by atoms with E-state index in [1.54, 1.807) is 0 Å². The predicted molar refractivity (Wildman–Crippen MR) is 152 cm³/mol. The van der Waals surface area contributed by atoms with Gasteiger partial charge in [0.25, 0.3) is 5.91 Å². The van der Waals surface area contributed by atoms with Crippen molar-refractivity contribution >= 4 is 26.0 Å². The van der Waals surface area contributed by atoms with E-state index in [0.717, 1.165) is 16.1 Å². The average molecular weight is 555 g/mol. The maximum absolute atomic E-state index is 13.0. The van der Waals surface area contributed by atoms with E-state index in [0.29, 0.717) is 6.61 Å². The van der Waals surface area contributed by atoms with Crippen LogP contribution in [-0.2, 0) is 41.5 Å². The van der Waals surface area contributed by atoms with Gasteiger partial charge in [-0.1, -0.05) is 81.4 Å². The Bertz CT molecular complexity index is 1120. The highest BCUT2D eigenvalue weighted by atomic mass is 28.4. The van der Waals surface area contributed by atoms with Crippen molar-refractivity contribution in [2.24, 2.45) is 0 Å². The summed E-state index contributed by atoms with van der Waals surface area (Å²) in [4.78, 5) is 38.2. The number of benzene rings is 2. The highest BCUT2D eigenvalue weighted by Crippen LogP contribution is 2.39. The second kappa shape index (κ2) is 13.0. The molecule has 3 rings (SSSR count). The molecule has 0 spiro atoms. The minimum absolute atomic E-state index is 0.0470. The zero-order valence-corrected chi connectivity index (χ0v) is 25.2. The molecule has 1 heterocycles. The summed E-state index contributed by atoms with van der Waals surface area (Å²) in [6.45, 7) is 14.2. The summed E-state index contributed by atoms with van der Waals surface area (Å²) in [5.74, 6) is -1.36. The second-order valence-corrected chi connectivity index (χ2v) is 16.3. The van der Waals surface area contributed by atoms with Crippen LogP contribution in [0.25, 0.3) is 0 Å². The number of hydrogen-bond acceptors (Lipinski definition) is 6. The fourth-order valence-corrected chi connectivity index (χ4v) is 5.74. The molecule has 1 saturated heterocycles. The Morgan fingerprint density at radius 1 is 0.923 bits per heavy atom. The SMILES string of the molecule is CC(=O)N1C(=O)C[C@@H]([C@H](OCc2ccccc2)[C@@H](COCc2ccccc2)O[Si](C)(C)C(C)(C)C)N1C(C)=O. The maximum atomic E-state index is 13.0. The van der Waals surface area contributed by atoms with Crippen molar-refractivity contribution in [2.45, 2.75) is 90.6 Å². The maximum Gasteiger partial charge on any atom is 0.250 e. The fourth-order valence-electron chi connectivity index (χ4n) is 4.43. The number of rotatable bonds is 11. The number of hydrazine groups is 1. The highest BCUT2D eigenvalue weighted by Gasteiger charge is 2.50. The van der Waals surface area contributed by atoms with Crippen molar-refractivity contribution < 1.29 is 28.3 Å². The molecule has 9 heteroatoms. The molecule has 2 aromatic carbocycles. The molecule has 0 unspecified atom stereocenters. The molecule has 0 radical (unpaired) electrons. The van der Waals surface area contributed by atoms with E-state index in [9.17, 15) is 14.4 Å². The molecule has 0 aliphatic carbocycles. The van der Waals surface area contributed by atoms with Gasteiger partial charge in [-0.25, -0.2) is 5.01 Å². The normalized spacial score (nSPS) is 17.8. The predicted octanol–water partition coefficient (Wildman–Crippen LogP) is 5.09. The van der Waals surface area contributed by atoms with Crippen molar-refractivity contribution in [3.63, 3.8) is 0 Å². The van der Waals surface area contributed by atoms with Crippen LogP contribution in [0.15, 0.2) is 60.7 Å². The first-order valence-electron chi connectivity index (χ1n) is 13.4. The van der Waals surface area contributed by atoms with Crippen LogP contribution in [0.1, 0.15) is 52.2 Å². The van der Waals surface area contributed by atoms with Crippen molar-refractivity contribution in [3.05, 3.63) is 71.8 Å². The number of ether oxygens (including phenoxy) is 2. The first kappa shape index (κ1) is 30.7. The Morgan fingerprint density at radius 3 is 1.95 bits per heavy atom. The lowest BCUT2D eigenvalue weighted by molar-refractivity contribution is -0.173. The van der Waals surface area contributed by atoms with Gasteiger partial charge in [-0.05, 0) is 29.3 Å². The molecule has 39 heavy (non-hydrogen) atoms. The summed E-state index contributed by atoms with van der Waals surface area (Å²) >= 11 is 0. The molecule has 8 nitrogen and oxygen atoms in total. The lowest BCUT2D eigenvalue weighted by Gasteiger charge is -2.43. The Morgan fingerprint density at radius 2 is 1.46 bits per heavy atom. The van der Waals surface area contributed by atoms with E-state index in [-0.39, 0.29) is 24.7 Å². The lowest BCUT2D eigenvalue weighted by atomic mass is 10.0.